The molecule has 1 aliphatic heterocycles. The van der Waals surface area contributed by atoms with Crippen LogP contribution in [0.15, 0.2) is 25.4 Å². The number of hydrogen-bond donors (Lipinski definition) is 1. The minimum Gasteiger partial charge on any atom is -0.380 e. The van der Waals surface area contributed by atoms with Gasteiger partial charge < -0.3 is 5.32 Å². The Morgan fingerprint density at radius 3 is 3.27 bits per heavy atom. The lowest BCUT2D eigenvalue weighted by Crippen LogP contribution is -2.12. The van der Waals surface area contributed by atoms with Gasteiger partial charge in [0, 0.05) is 6.04 Å². The van der Waals surface area contributed by atoms with Crippen LogP contribution in [0.2, 0.25) is 0 Å². The van der Waals surface area contributed by atoms with E-state index in [1.807, 2.05) is 10.9 Å². The summed E-state index contributed by atoms with van der Waals surface area (Å²) in [6, 6.07) is 0.529. The molecule has 15 heavy (non-hydrogen) atoms. The highest BCUT2D eigenvalue weighted by Gasteiger charge is 2.17. The van der Waals surface area contributed by atoms with Gasteiger partial charge >= 0.3 is 0 Å². The Balaban J connectivity index is 2.37. The molecule has 0 saturated carbocycles. The molecule has 0 aromatic carbocycles. The predicted molar refractivity (Wildman–Crippen MR) is 63.8 cm³/mol. The number of hydrogen-bond acceptors (Lipinski definition) is 2. The molecular weight excluding hydrogens is 186 g/mol. The maximum absolute atomic E-state index is 4.33. The summed E-state index contributed by atoms with van der Waals surface area (Å²) in [6.45, 7) is 9.85. The molecule has 3 heteroatoms. The van der Waals surface area contributed by atoms with Crippen LogP contribution >= 0.6 is 0 Å². The van der Waals surface area contributed by atoms with Crippen LogP contribution in [-0.2, 0) is 6.42 Å². The van der Waals surface area contributed by atoms with E-state index in [1.54, 1.807) is 6.08 Å². The van der Waals surface area contributed by atoms with E-state index in [0.29, 0.717) is 6.04 Å². The van der Waals surface area contributed by atoms with Gasteiger partial charge in [-0.15, -0.1) is 0 Å². The van der Waals surface area contributed by atoms with Crippen molar-refractivity contribution in [1.29, 1.82) is 0 Å². The Kier molecular flexibility index (Phi) is 2.62. The van der Waals surface area contributed by atoms with E-state index in [4.69, 9.17) is 0 Å². The summed E-state index contributed by atoms with van der Waals surface area (Å²) in [4.78, 5) is 0. The summed E-state index contributed by atoms with van der Waals surface area (Å²) in [5.41, 5.74) is 3.21. The first-order valence-electron chi connectivity index (χ1n) is 5.37. The van der Waals surface area contributed by atoms with Crippen LogP contribution in [0.4, 0.5) is 5.69 Å². The number of aromatic nitrogens is 2. The minimum atomic E-state index is 0.529. The normalized spacial score (nSPS) is 19.9. The summed E-state index contributed by atoms with van der Waals surface area (Å²) in [5, 5.41) is 7.79. The SMILES string of the molecule is C=CC(=C)n1ncc2c1CCCC(C)N2. The fourth-order valence-electron chi connectivity index (χ4n) is 1.98. The van der Waals surface area contributed by atoms with Crippen LogP contribution < -0.4 is 5.32 Å². The first-order valence-corrected chi connectivity index (χ1v) is 5.37. The average Bonchev–Trinajstić information content (AvgIpc) is 2.52. The standard InChI is InChI=1S/C12H17N3/c1-4-10(3)15-12-7-5-6-9(2)14-11(12)8-13-15/h4,8-9,14H,1,3,5-7H2,2H3. The molecule has 0 fully saturated rings. The number of anilines is 1. The Morgan fingerprint density at radius 1 is 1.73 bits per heavy atom. The van der Waals surface area contributed by atoms with Gasteiger partial charge in [-0.3, -0.25) is 0 Å². The number of nitrogens with one attached hydrogen (secondary N) is 1. The number of allylic oxidation sites excluding steroid dienone is 2. The molecule has 3 nitrogen and oxygen atoms in total. The molecule has 2 rings (SSSR count). The molecule has 1 aliphatic rings. The fourth-order valence-corrected chi connectivity index (χ4v) is 1.98. The first kappa shape index (κ1) is 10.0. The molecule has 1 aromatic heterocycles. The molecule has 0 spiro atoms. The molecule has 0 saturated heterocycles. The monoisotopic (exact) mass is 203 g/mol. The van der Waals surface area contributed by atoms with Crippen LogP contribution in [-0.4, -0.2) is 15.8 Å². The highest BCUT2D eigenvalue weighted by Crippen LogP contribution is 2.25. The largest absolute Gasteiger partial charge is 0.380 e. The lowest BCUT2D eigenvalue weighted by molar-refractivity contribution is 0.660. The van der Waals surface area contributed by atoms with Gasteiger partial charge in [0.25, 0.3) is 0 Å². The van der Waals surface area contributed by atoms with Crippen LogP contribution in [0.5, 0.6) is 0 Å². The summed E-state index contributed by atoms with van der Waals surface area (Å²) in [5.74, 6) is 0. The summed E-state index contributed by atoms with van der Waals surface area (Å²) >= 11 is 0. The topological polar surface area (TPSA) is 29.9 Å². The molecule has 2 heterocycles. The van der Waals surface area contributed by atoms with Crippen molar-refractivity contribution in [1.82, 2.24) is 9.78 Å². The van der Waals surface area contributed by atoms with Crippen LogP contribution in [0.1, 0.15) is 25.5 Å². The van der Waals surface area contributed by atoms with E-state index in [9.17, 15) is 0 Å². The summed E-state index contributed by atoms with van der Waals surface area (Å²) in [6.07, 6.45) is 7.07. The quantitative estimate of drug-likeness (QED) is 0.749. The zero-order chi connectivity index (χ0) is 10.8. The Morgan fingerprint density at radius 2 is 2.53 bits per heavy atom. The third-order valence-corrected chi connectivity index (χ3v) is 2.83. The zero-order valence-electron chi connectivity index (χ0n) is 9.16. The third-order valence-electron chi connectivity index (χ3n) is 2.83. The maximum Gasteiger partial charge on any atom is 0.0766 e. The van der Waals surface area contributed by atoms with E-state index < -0.39 is 0 Å². The van der Waals surface area contributed by atoms with Crippen molar-refractivity contribution in [2.75, 3.05) is 5.32 Å². The van der Waals surface area contributed by atoms with Gasteiger partial charge in [0.1, 0.15) is 0 Å². The van der Waals surface area contributed by atoms with Gasteiger partial charge in [-0.05, 0) is 32.3 Å². The zero-order valence-corrected chi connectivity index (χ0v) is 9.16. The first-order chi connectivity index (χ1) is 7.22. The van der Waals surface area contributed by atoms with E-state index in [2.05, 4.69) is 30.5 Å². The molecule has 1 atom stereocenters. The molecular formula is C12H17N3. The maximum atomic E-state index is 4.33. The van der Waals surface area contributed by atoms with Crippen LogP contribution in [0.25, 0.3) is 5.70 Å². The van der Waals surface area contributed by atoms with E-state index in [-0.39, 0.29) is 0 Å². The Hall–Kier alpha value is -1.51. The van der Waals surface area contributed by atoms with Crippen molar-refractivity contribution in [3.05, 3.63) is 31.1 Å². The highest BCUT2D eigenvalue weighted by atomic mass is 15.3. The third kappa shape index (κ3) is 1.82. The van der Waals surface area contributed by atoms with Crippen molar-refractivity contribution in [2.24, 2.45) is 0 Å². The molecule has 1 aromatic rings. The molecule has 1 N–H and O–H groups in total. The predicted octanol–water partition coefficient (Wildman–Crippen LogP) is 2.68. The molecule has 0 radical (unpaired) electrons. The molecule has 0 aliphatic carbocycles. The second-order valence-electron chi connectivity index (χ2n) is 4.05. The number of fused-ring (bicyclic) bond motifs is 1. The second kappa shape index (κ2) is 3.93. The lowest BCUT2D eigenvalue weighted by Gasteiger charge is -2.09. The Bertz CT molecular complexity index is 390. The van der Waals surface area contributed by atoms with E-state index >= 15 is 0 Å². The van der Waals surface area contributed by atoms with Crippen LogP contribution in [0, 0.1) is 0 Å². The van der Waals surface area contributed by atoms with Crippen molar-refractivity contribution in [3.63, 3.8) is 0 Å². The molecule has 1 unspecified atom stereocenters. The van der Waals surface area contributed by atoms with Gasteiger partial charge in [-0.25, -0.2) is 4.68 Å². The van der Waals surface area contributed by atoms with E-state index in [0.717, 1.165) is 17.8 Å². The summed E-state index contributed by atoms with van der Waals surface area (Å²) < 4.78 is 1.88. The van der Waals surface area contributed by atoms with Crippen molar-refractivity contribution in [2.45, 2.75) is 32.2 Å². The van der Waals surface area contributed by atoms with Crippen molar-refractivity contribution < 1.29 is 0 Å². The number of rotatable bonds is 2. The Labute approximate surface area is 90.5 Å². The minimum absolute atomic E-state index is 0.529. The van der Waals surface area contributed by atoms with Gasteiger partial charge in [0.05, 0.1) is 23.3 Å². The summed E-state index contributed by atoms with van der Waals surface area (Å²) in [7, 11) is 0. The van der Waals surface area contributed by atoms with E-state index in [1.165, 1.54) is 18.5 Å². The number of nitrogens with zero attached hydrogens (tertiary/aromatic N) is 2. The second-order valence-corrected chi connectivity index (χ2v) is 4.05. The lowest BCUT2D eigenvalue weighted by atomic mass is 10.1. The molecule has 0 bridgehead atoms. The molecule has 80 valence electrons. The van der Waals surface area contributed by atoms with Gasteiger partial charge in [0.2, 0.25) is 0 Å². The van der Waals surface area contributed by atoms with Crippen LogP contribution in [0.3, 0.4) is 0 Å². The smallest absolute Gasteiger partial charge is 0.0766 e. The van der Waals surface area contributed by atoms with Crippen molar-refractivity contribution in [3.8, 4) is 0 Å². The fraction of sp³-hybridized carbons (Fsp3) is 0.417. The molecule has 0 amide bonds. The average molecular weight is 203 g/mol. The van der Waals surface area contributed by atoms with Gasteiger partial charge in [-0.2, -0.15) is 5.10 Å². The van der Waals surface area contributed by atoms with Gasteiger partial charge in [0.15, 0.2) is 0 Å². The van der Waals surface area contributed by atoms with Gasteiger partial charge in [-0.1, -0.05) is 13.2 Å². The highest BCUT2D eigenvalue weighted by molar-refractivity contribution is 5.59. The van der Waals surface area contributed by atoms with Crippen molar-refractivity contribution >= 4 is 11.4 Å².